The van der Waals surface area contributed by atoms with E-state index in [0.717, 1.165) is 66.4 Å². The Hall–Kier alpha value is -1.78. The van der Waals surface area contributed by atoms with E-state index in [0.29, 0.717) is 13.2 Å². The molecule has 0 amide bonds. The first-order chi connectivity index (χ1) is 15.1. The number of aliphatic hydroxyl groups excluding tert-OH is 2. The molecule has 2 atom stereocenters. The summed E-state index contributed by atoms with van der Waals surface area (Å²) in [6.45, 7) is 6.98. The van der Waals surface area contributed by atoms with Crippen molar-refractivity contribution in [1.82, 2.24) is 0 Å². The van der Waals surface area contributed by atoms with Crippen molar-refractivity contribution in [1.29, 1.82) is 0 Å². The van der Waals surface area contributed by atoms with Crippen LogP contribution in [0.1, 0.15) is 83.6 Å². The van der Waals surface area contributed by atoms with Crippen molar-refractivity contribution in [3.05, 3.63) is 35.9 Å². The van der Waals surface area contributed by atoms with Gasteiger partial charge in [-0.1, -0.05) is 89.5 Å². The normalized spacial score (nSPS) is 13.3. The molecule has 0 saturated heterocycles. The SMILES string of the molecule is CCCCCCC(O)COc1cc(C)c(OCC(O)CCCCCC)c2ccccc12. The Balaban J connectivity index is 1.99. The average Bonchev–Trinajstić information content (AvgIpc) is 2.77. The third-order valence-electron chi connectivity index (χ3n) is 5.78. The van der Waals surface area contributed by atoms with Crippen molar-refractivity contribution in [2.24, 2.45) is 0 Å². The highest BCUT2D eigenvalue weighted by molar-refractivity contribution is 5.94. The van der Waals surface area contributed by atoms with Crippen molar-refractivity contribution in [2.45, 2.75) is 97.2 Å². The fourth-order valence-electron chi connectivity index (χ4n) is 3.90. The van der Waals surface area contributed by atoms with E-state index in [9.17, 15) is 10.2 Å². The third-order valence-corrected chi connectivity index (χ3v) is 5.78. The predicted molar refractivity (Wildman–Crippen MR) is 129 cm³/mol. The van der Waals surface area contributed by atoms with E-state index >= 15 is 0 Å². The Kier molecular flexibility index (Phi) is 11.8. The zero-order valence-electron chi connectivity index (χ0n) is 19.7. The van der Waals surface area contributed by atoms with Crippen LogP contribution in [0.3, 0.4) is 0 Å². The summed E-state index contributed by atoms with van der Waals surface area (Å²) in [6.07, 6.45) is 9.85. The maximum absolute atomic E-state index is 10.3. The second-order valence-corrected chi connectivity index (χ2v) is 8.69. The topological polar surface area (TPSA) is 58.9 Å². The molecule has 2 unspecified atom stereocenters. The van der Waals surface area contributed by atoms with E-state index in [1.807, 2.05) is 37.3 Å². The van der Waals surface area contributed by atoms with Crippen molar-refractivity contribution in [3.8, 4) is 11.5 Å². The Labute approximate surface area is 188 Å². The van der Waals surface area contributed by atoms with Crippen LogP contribution in [-0.4, -0.2) is 35.6 Å². The monoisotopic (exact) mass is 430 g/mol. The number of aryl methyl sites for hydroxylation is 1. The molecule has 4 nitrogen and oxygen atoms in total. The van der Waals surface area contributed by atoms with Crippen LogP contribution in [0.2, 0.25) is 0 Å². The van der Waals surface area contributed by atoms with Gasteiger partial charge in [0, 0.05) is 10.8 Å². The fourth-order valence-corrected chi connectivity index (χ4v) is 3.90. The first-order valence-electron chi connectivity index (χ1n) is 12.2. The second-order valence-electron chi connectivity index (χ2n) is 8.69. The molecule has 2 rings (SSSR count). The highest BCUT2D eigenvalue weighted by Gasteiger charge is 2.15. The van der Waals surface area contributed by atoms with Gasteiger partial charge in [0.15, 0.2) is 0 Å². The maximum Gasteiger partial charge on any atom is 0.130 e. The summed E-state index contributed by atoms with van der Waals surface area (Å²) in [5, 5.41) is 22.5. The predicted octanol–water partition coefficient (Wildman–Crippen LogP) is 6.57. The number of aliphatic hydroxyl groups is 2. The smallest absolute Gasteiger partial charge is 0.130 e. The number of rotatable bonds is 16. The Morgan fingerprint density at radius 1 is 0.742 bits per heavy atom. The van der Waals surface area contributed by atoms with Gasteiger partial charge in [-0.05, 0) is 31.4 Å². The number of fused-ring (bicyclic) bond motifs is 1. The summed E-state index contributed by atoms with van der Waals surface area (Å²) in [7, 11) is 0. The molecule has 0 aromatic heterocycles. The molecule has 2 N–H and O–H groups in total. The minimum absolute atomic E-state index is 0.298. The molecular formula is C27H42O4. The second kappa shape index (κ2) is 14.3. The molecule has 0 aliphatic rings. The molecule has 4 heteroatoms. The van der Waals surface area contributed by atoms with Crippen LogP contribution in [0.5, 0.6) is 11.5 Å². The van der Waals surface area contributed by atoms with Crippen molar-refractivity contribution >= 4 is 10.8 Å². The molecule has 0 bridgehead atoms. The minimum Gasteiger partial charge on any atom is -0.490 e. The van der Waals surface area contributed by atoms with Gasteiger partial charge in [-0.25, -0.2) is 0 Å². The highest BCUT2D eigenvalue weighted by Crippen LogP contribution is 2.36. The van der Waals surface area contributed by atoms with Gasteiger partial charge in [0.25, 0.3) is 0 Å². The zero-order valence-corrected chi connectivity index (χ0v) is 19.7. The molecule has 174 valence electrons. The van der Waals surface area contributed by atoms with E-state index in [4.69, 9.17) is 9.47 Å². The average molecular weight is 431 g/mol. The fraction of sp³-hybridized carbons (Fsp3) is 0.630. The standard InChI is InChI=1S/C27H42O4/c1-4-6-8-10-14-22(28)19-30-26-18-21(3)27(25-17-13-12-16-24(25)26)31-20-23(29)15-11-9-7-5-2/h12-13,16-18,22-23,28-29H,4-11,14-15,19-20H2,1-3H3. The van der Waals surface area contributed by atoms with Gasteiger partial charge in [0.1, 0.15) is 24.7 Å². The van der Waals surface area contributed by atoms with E-state index in [1.165, 1.54) is 25.7 Å². The Morgan fingerprint density at radius 3 is 1.87 bits per heavy atom. The van der Waals surface area contributed by atoms with Gasteiger partial charge in [0.05, 0.1) is 12.2 Å². The van der Waals surface area contributed by atoms with Gasteiger partial charge in [-0.2, -0.15) is 0 Å². The van der Waals surface area contributed by atoms with Gasteiger partial charge < -0.3 is 19.7 Å². The minimum atomic E-state index is -0.450. The van der Waals surface area contributed by atoms with E-state index < -0.39 is 12.2 Å². The van der Waals surface area contributed by atoms with E-state index in [-0.39, 0.29) is 0 Å². The van der Waals surface area contributed by atoms with Crippen LogP contribution in [0, 0.1) is 6.92 Å². The molecule has 0 aliphatic carbocycles. The Morgan fingerprint density at radius 2 is 1.29 bits per heavy atom. The molecule has 31 heavy (non-hydrogen) atoms. The van der Waals surface area contributed by atoms with Crippen LogP contribution >= 0.6 is 0 Å². The number of unbranched alkanes of at least 4 members (excludes halogenated alkanes) is 6. The van der Waals surface area contributed by atoms with Crippen LogP contribution in [0.15, 0.2) is 30.3 Å². The summed E-state index contributed by atoms with van der Waals surface area (Å²) in [6, 6.07) is 10.0. The lowest BCUT2D eigenvalue weighted by atomic mass is 10.0. The molecule has 0 radical (unpaired) electrons. The number of benzene rings is 2. The molecule has 0 saturated carbocycles. The van der Waals surface area contributed by atoms with E-state index in [2.05, 4.69) is 13.8 Å². The van der Waals surface area contributed by atoms with Gasteiger partial charge in [0.2, 0.25) is 0 Å². The van der Waals surface area contributed by atoms with Crippen LogP contribution in [0.25, 0.3) is 10.8 Å². The summed E-state index contributed by atoms with van der Waals surface area (Å²) in [4.78, 5) is 0. The van der Waals surface area contributed by atoms with Gasteiger partial charge in [-0.3, -0.25) is 0 Å². The molecular weight excluding hydrogens is 388 g/mol. The first-order valence-corrected chi connectivity index (χ1v) is 12.2. The van der Waals surface area contributed by atoms with Crippen LogP contribution in [-0.2, 0) is 0 Å². The highest BCUT2D eigenvalue weighted by atomic mass is 16.5. The number of hydrogen-bond donors (Lipinski definition) is 2. The van der Waals surface area contributed by atoms with Gasteiger partial charge >= 0.3 is 0 Å². The molecule has 2 aromatic carbocycles. The van der Waals surface area contributed by atoms with Crippen molar-refractivity contribution in [3.63, 3.8) is 0 Å². The van der Waals surface area contributed by atoms with Crippen molar-refractivity contribution < 1.29 is 19.7 Å². The molecule has 2 aromatic rings. The number of ether oxygens (including phenoxy) is 2. The quantitative estimate of drug-likeness (QED) is 0.296. The molecule has 0 spiro atoms. The summed E-state index contributed by atoms with van der Waals surface area (Å²) in [5.41, 5.74) is 0.976. The lowest BCUT2D eigenvalue weighted by Crippen LogP contribution is -2.18. The van der Waals surface area contributed by atoms with Crippen LogP contribution in [0.4, 0.5) is 0 Å². The number of hydrogen-bond acceptors (Lipinski definition) is 4. The summed E-state index contributed by atoms with van der Waals surface area (Å²) < 4.78 is 12.1. The molecule has 0 heterocycles. The summed E-state index contributed by atoms with van der Waals surface area (Å²) in [5.74, 6) is 1.57. The molecule has 0 fully saturated rings. The van der Waals surface area contributed by atoms with Crippen LogP contribution < -0.4 is 9.47 Å². The zero-order chi connectivity index (χ0) is 22.5. The lowest BCUT2D eigenvalue weighted by Gasteiger charge is -2.19. The van der Waals surface area contributed by atoms with E-state index in [1.54, 1.807) is 0 Å². The summed E-state index contributed by atoms with van der Waals surface area (Å²) >= 11 is 0. The maximum atomic E-state index is 10.3. The first kappa shape index (κ1) is 25.5. The van der Waals surface area contributed by atoms with Gasteiger partial charge in [-0.15, -0.1) is 0 Å². The molecule has 0 aliphatic heterocycles. The third kappa shape index (κ3) is 8.70. The Bertz CT molecular complexity index is 758. The van der Waals surface area contributed by atoms with Crippen molar-refractivity contribution in [2.75, 3.05) is 13.2 Å². The lowest BCUT2D eigenvalue weighted by molar-refractivity contribution is 0.0965. The largest absolute Gasteiger partial charge is 0.490 e.